The summed E-state index contributed by atoms with van der Waals surface area (Å²) in [7, 11) is 3.27. The average molecular weight is 310 g/mol. The topological polar surface area (TPSA) is 41.1 Å². The molecule has 2 aromatic rings. The van der Waals surface area contributed by atoms with Crippen molar-refractivity contribution in [3.05, 3.63) is 47.7 Å². The van der Waals surface area contributed by atoms with Crippen LogP contribution in [0.5, 0.6) is 0 Å². The van der Waals surface area contributed by atoms with E-state index in [2.05, 4.69) is 15.3 Å². The molecule has 2 rings (SSSR count). The van der Waals surface area contributed by atoms with Crippen LogP contribution in [0.2, 0.25) is 0 Å². The average Bonchev–Trinajstić information content (AvgIpc) is 2.47. The first-order valence-electron chi connectivity index (χ1n) is 6.77. The van der Waals surface area contributed by atoms with Crippen LogP contribution in [-0.2, 0) is 12.6 Å². The summed E-state index contributed by atoms with van der Waals surface area (Å²) in [6.45, 7) is 0.457. The maximum atomic E-state index is 12.9. The van der Waals surface area contributed by atoms with Gasteiger partial charge in [0.15, 0.2) is 5.69 Å². The summed E-state index contributed by atoms with van der Waals surface area (Å²) in [4.78, 5) is 9.14. The molecule has 0 fully saturated rings. The maximum absolute atomic E-state index is 12.9. The van der Waals surface area contributed by atoms with Crippen molar-refractivity contribution in [3.8, 4) is 0 Å². The molecule has 4 nitrogen and oxygen atoms in total. The summed E-state index contributed by atoms with van der Waals surface area (Å²) in [5.41, 5.74) is 0.142. The Labute approximate surface area is 127 Å². The van der Waals surface area contributed by atoms with Gasteiger partial charge in [-0.3, -0.25) is 0 Å². The summed E-state index contributed by atoms with van der Waals surface area (Å²) >= 11 is 0. The van der Waals surface area contributed by atoms with Gasteiger partial charge in [-0.25, -0.2) is 4.98 Å². The van der Waals surface area contributed by atoms with Gasteiger partial charge in [0, 0.05) is 26.7 Å². The molecule has 0 aliphatic heterocycles. The molecule has 0 aliphatic rings. The first-order chi connectivity index (χ1) is 10.4. The van der Waals surface area contributed by atoms with E-state index in [4.69, 9.17) is 0 Å². The maximum Gasteiger partial charge on any atom is 0.433 e. The number of alkyl halides is 3. The van der Waals surface area contributed by atoms with Crippen molar-refractivity contribution >= 4 is 11.8 Å². The van der Waals surface area contributed by atoms with Crippen LogP contribution in [-0.4, -0.2) is 30.6 Å². The van der Waals surface area contributed by atoms with Gasteiger partial charge in [0.1, 0.15) is 5.82 Å². The number of halogens is 3. The molecular formula is C15H17F3N4. The zero-order valence-corrected chi connectivity index (χ0v) is 12.4. The van der Waals surface area contributed by atoms with Crippen LogP contribution in [0.15, 0.2) is 36.4 Å². The fourth-order valence-corrected chi connectivity index (χ4v) is 1.85. The van der Waals surface area contributed by atoms with E-state index in [1.54, 1.807) is 14.1 Å². The minimum atomic E-state index is -4.50. The van der Waals surface area contributed by atoms with E-state index in [9.17, 15) is 13.2 Å². The third-order valence-corrected chi connectivity index (χ3v) is 3.00. The summed E-state index contributed by atoms with van der Waals surface area (Å²) in [6, 6.07) is 10.6. The largest absolute Gasteiger partial charge is 0.433 e. The van der Waals surface area contributed by atoms with Gasteiger partial charge < -0.3 is 10.2 Å². The first-order valence-corrected chi connectivity index (χ1v) is 6.77. The highest BCUT2D eigenvalue weighted by molar-refractivity contribution is 5.44. The van der Waals surface area contributed by atoms with Gasteiger partial charge in [-0.1, -0.05) is 30.3 Å². The molecule has 1 N–H and O–H groups in total. The molecule has 1 aromatic carbocycles. The van der Waals surface area contributed by atoms with E-state index in [1.807, 2.05) is 30.3 Å². The zero-order valence-electron chi connectivity index (χ0n) is 12.4. The minimum Gasteiger partial charge on any atom is -0.363 e. The van der Waals surface area contributed by atoms with Crippen LogP contribution >= 0.6 is 0 Å². The summed E-state index contributed by atoms with van der Waals surface area (Å²) in [5, 5.41) is 2.85. The minimum absolute atomic E-state index is 0.0190. The van der Waals surface area contributed by atoms with Crippen molar-refractivity contribution in [3.63, 3.8) is 0 Å². The Balaban J connectivity index is 2.11. The lowest BCUT2D eigenvalue weighted by atomic mass is 10.1. The molecule has 118 valence electrons. The Morgan fingerprint density at radius 1 is 1.09 bits per heavy atom. The standard InChI is InChI=1S/C15H17F3N4/c1-22(2)13-10-12(15(16,17)18)20-14(21-13)19-9-8-11-6-4-3-5-7-11/h3-7,10H,8-9H2,1-2H3,(H,19,20,21). The lowest BCUT2D eigenvalue weighted by molar-refractivity contribution is -0.141. The van der Waals surface area contributed by atoms with Crippen molar-refractivity contribution < 1.29 is 13.2 Å². The molecule has 0 unspecified atom stereocenters. The molecule has 0 radical (unpaired) electrons. The van der Waals surface area contributed by atoms with Crippen LogP contribution in [0.25, 0.3) is 0 Å². The van der Waals surface area contributed by atoms with Gasteiger partial charge in [-0.05, 0) is 12.0 Å². The fraction of sp³-hybridized carbons (Fsp3) is 0.333. The predicted octanol–water partition coefficient (Wildman–Crippen LogP) is 3.22. The molecular weight excluding hydrogens is 293 g/mol. The van der Waals surface area contributed by atoms with Crippen LogP contribution < -0.4 is 10.2 Å². The van der Waals surface area contributed by atoms with Gasteiger partial charge in [0.25, 0.3) is 0 Å². The number of rotatable bonds is 5. The summed E-state index contributed by atoms with van der Waals surface area (Å²) in [5.74, 6) is 0.194. The van der Waals surface area contributed by atoms with Gasteiger partial charge in [-0.15, -0.1) is 0 Å². The summed E-state index contributed by atoms with van der Waals surface area (Å²) < 4.78 is 38.6. The second kappa shape index (κ2) is 6.64. The highest BCUT2D eigenvalue weighted by Crippen LogP contribution is 2.30. The monoisotopic (exact) mass is 310 g/mol. The SMILES string of the molecule is CN(C)c1cc(C(F)(F)F)nc(NCCc2ccccc2)n1. The van der Waals surface area contributed by atoms with Crippen LogP contribution in [0.3, 0.4) is 0 Å². The van der Waals surface area contributed by atoms with Crippen molar-refractivity contribution in [2.75, 3.05) is 30.9 Å². The first kappa shape index (κ1) is 16.1. The zero-order chi connectivity index (χ0) is 16.2. The predicted molar refractivity (Wildman–Crippen MR) is 80.0 cm³/mol. The number of hydrogen-bond donors (Lipinski definition) is 1. The lowest BCUT2D eigenvalue weighted by Gasteiger charge is -2.16. The van der Waals surface area contributed by atoms with Gasteiger partial charge >= 0.3 is 6.18 Å². The fourth-order valence-electron chi connectivity index (χ4n) is 1.85. The Kier molecular flexibility index (Phi) is 4.85. The molecule has 0 spiro atoms. The number of hydrogen-bond acceptors (Lipinski definition) is 4. The number of nitrogens with one attached hydrogen (secondary N) is 1. The number of aromatic nitrogens is 2. The third kappa shape index (κ3) is 4.34. The van der Waals surface area contributed by atoms with Crippen molar-refractivity contribution in [1.82, 2.24) is 9.97 Å². The number of benzene rings is 1. The molecule has 0 bridgehead atoms. The molecule has 1 aromatic heterocycles. The summed E-state index contributed by atoms with van der Waals surface area (Å²) in [6.07, 6.45) is -3.82. The number of anilines is 2. The van der Waals surface area contributed by atoms with E-state index in [0.29, 0.717) is 13.0 Å². The second-order valence-electron chi connectivity index (χ2n) is 4.99. The molecule has 1 heterocycles. The molecule has 0 saturated heterocycles. The van der Waals surface area contributed by atoms with Crippen molar-refractivity contribution in [2.45, 2.75) is 12.6 Å². The van der Waals surface area contributed by atoms with Gasteiger partial charge in [-0.2, -0.15) is 18.2 Å². The highest BCUT2D eigenvalue weighted by atomic mass is 19.4. The Hall–Kier alpha value is -2.31. The smallest absolute Gasteiger partial charge is 0.363 e. The van der Waals surface area contributed by atoms with Crippen LogP contribution in [0.1, 0.15) is 11.3 Å². The van der Waals surface area contributed by atoms with E-state index in [0.717, 1.165) is 11.6 Å². The van der Waals surface area contributed by atoms with Crippen molar-refractivity contribution in [2.24, 2.45) is 0 Å². The van der Waals surface area contributed by atoms with Gasteiger partial charge in [0.2, 0.25) is 5.95 Å². The normalized spacial score (nSPS) is 11.3. The molecule has 0 saturated carbocycles. The molecule has 7 heteroatoms. The van der Waals surface area contributed by atoms with E-state index < -0.39 is 11.9 Å². The Morgan fingerprint density at radius 2 is 1.77 bits per heavy atom. The van der Waals surface area contributed by atoms with Gasteiger partial charge in [0.05, 0.1) is 0 Å². The molecule has 0 atom stereocenters. The second-order valence-corrected chi connectivity index (χ2v) is 4.99. The van der Waals surface area contributed by atoms with E-state index in [1.165, 1.54) is 4.90 Å². The number of nitrogens with zero attached hydrogens (tertiary/aromatic N) is 3. The lowest BCUT2D eigenvalue weighted by Crippen LogP contribution is -2.18. The molecule has 0 aliphatic carbocycles. The van der Waals surface area contributed by atoms with E-state index >= 15 is 0 Å². The van der Waals surface area contributed by atoms with E-state index in [-0.39, 0.29) is 11.8 Å². The quantitative estimate of drug-likeness (QED) is 0.920. The molecule has 0 amide bonds. The third-order valence-electron chi connectivity index (χ3n) is 3.00. The van der Waals surface area contributed by atoms with Crippen molar-refractivity contribution in [1.29, 1.82) is 0 Å². The van der Waals surface area contributed by atoms with Crippen LogP contribution in [0, 0.1) is 0 Å². The Bertz CT molecular complexity index is 612. The van der Waals surface area contributed by atoms with Crippen LogP contribution in [0.4, 0.5) is 24.9 Å². The Morgan fingerprint density at radius 3 is 2.36 bits per heavy atom. The highest BCUT2D eigenvalue weighted by Gasteiger charge is 2.33. The molecule has 22 heavy (non-hydrogen) atoms.